The highest BCUT2D eigenvalue weighted by atomic mass is 19.1. The molecular weight excluding hydrogens is 429 g/mol. The number of ether oxygens (including phenoxy) is 2. The lowest BCUT2D eigenvalue weighted by Crippen LogP contribution is -2.42. The monoisotopic (exact) mass is 455 g/mol. The molecule has 5 rings (SSSR count). The van der Waals surface area contributed by atoms with Crippen LogP contribution in [-0.4, -0.2) is 35.9 Å². The highest BCUT2D eigenvalue weighted by Gasteiger charge is 2.43. The van der Waals surface area contributed by atoms with E-state index in [1.807, 2.05) is 22.8 Å². The van der Waals surface area contributed by atoms with E-state index in [9.17, 15) is 14.7 Å². The minimum Gasteiger partial charge on any atom is -0.497 e. The number of pyridine rings is 1. The molecule has 3 aliphatic rings. The third-order valence-electron chi connectivity index (χ3n) is 7.15. The Kier molecular flexibility index (Phi) is 5.07. The predicted molar refractivity (Wildman–Crippen MR) is 122 cm³/mol. The first-order valence-corrected chi connectivity index (χ1v) is 11.1. The summed E-state index contributed by atoms with van der Waals surface area (Å²) in [5.74, 6) is -1.07. The Morgan fingerprint density at radius 2 is 2.21 bits per heavy atom. The Morgan fingerprint density at radius 1 is 1.42 bits per heavy atom. The van der Waals surface area contributed by atoms with Crippen LogP contribution in [0, 0.1) is 11.7 Å². The molecule has 0 saturated heterocycles. The topological polar surface area (TPSA) is 116 Å². The third kappa shape index (κ3) is 3.25. The number of aromatic nitrogens is 1. The number of halogens is 1. The van der Waals surface area contributed by atoms with Crippen LogP contribution in [0.25, 0.3) is 10.9 Å². The fraction of sp³-hybridized carbons (Fsp3) is 0.417. The van der Waals surface area contributed by atoms with Gasteiger partial charge < -0.3 is 30.2 Å². The molecule has 2 aliphatic carbocycles. The summed E-state index contributed by atoms with van der Waals surface area (Å²) in [4.78, 5) is 24.9. The van der Waals surface area contributed by atoms with E-state index in [1.165, 1.54) is 6.20 Å². The number of anilines is 2. The van der Waals surface area contributed by atoms with Crippen molar-refractivity contribution in [3.8, 4) is 5.75 Å². The molecular formula is C24H26FN3O5. The molecule has 2 aromatic rings. The normalized spacial score (nSPS) is 20.5. The largest absolute Gasteiger partial charge is 0.497 e. The molecule has 1 saturated carbocycles. The Bertz CT molecular complexity index is 1280. The fourth-order valence-electron chi connectivity index (χ4n) is 5.10. The summed E-state index contributed by atoms with van der Waals surface area (Å²) in [7, 11) is 1.61. The van der Waals surface area contributed by atoms with Crippen molar-refractivity contribution in [3.63, 3.8) is 0 Å². The molecule has 1 aromatic heterocycles. The smallest absolute Gasteiger partial charge is 0.341 e. The van der Waals surface area contributed by atoms with E-state index in [0.717, 1.165) is 31.4 Å². The van der Waals surface area contributed by atoms with Gasteiger partial charge in [-0.25, -0.2) is 9.18 Å². The zero-order valence-electron chi connectivity index (χ0n) is 18.3. The van der Waals surface area contributed by atoms with Crippen LogP contribution in [0.1, 0.15) is 42.5 Å². The van der Waals surface area contributed by atoms with Gasteiger partial charge in [0, 0.05) is 24.7 Å². The van der Waals surface area contributed by atoms with Gasteiger partial charge in [0.15, 0.2) is 11.6 Å². The minimum atomic E-state index is -1.36. The first kappa shape index (κ1) is 21.4. The van der Waals surface area contributed by atoms with E-state index < -0.39 is 22.8 Å². The number of allylic oxidation sites excluding steroid dienone is 2. The number of hydrogen-bond donors (Lipinski definition) is 3. The predicted octanol–water partition coefficient (Wildman–Crippen LogP) is 3.60. The molecule has 33 heavy (non-hydrogen) atoms. The molecule has 0 amide bonds. The summed E-state index contributed by atoms with van der Waals surface area (Å²) in [6.45, 7) is 0.749. The van der Waals surface area contributed by atoms with Gasteiger partial charge in [-0.05, 0) is 43.8 Å². The molecule has 1 atom stereocenters. The quantitative estimate of drug-likeness (QED) is 0.590. The number of carboxylic acid groups (broad SMARTS) is 1. The van der Waals surface area contributed by atoms with Crippen LogP contribution in [0.15, 0.2) is 35.0 Å². The second-order valence-electron chi connectivity index (χ2n) is 8.93. The van der Waals surface area contributed by atoms with Gasteiger partial charge in [0.1, 0.15) is 17.0 Å². The summed E-state index contributed by atoms with van der Waals surface area (Å²) >= 11 is 0. The number of methoxy groups -OCH3 is 1. The van der Waals surface area contributed by atoms with Gasteiger partial charge in [-0.2, -0.15) is 0 Å². The Morgan fingerprint density at radius 3 is 2.82 bits per heavy atom. The lowest BCUT2D eigenvalue weighted by atomic mass is 9.74. The standard InChI is InChI=1S/C24H26FN3O5/c1-32-14-5-3-13(4-6-14)11-27-19-17(25)18(26)16-20-22(19)33-10-9-24(7-2-8-24)28(20)12-15(21(16)29)23(30)31/h3,5-6,12-13,27H,2,4,7-11,26H2,1H3,(H,30,31). The molecule has 1 fully saturated rings. The highest BCUT2D eigenvalue weighted by Crippen LogP contribution is 2.50. The maximum atomic E-state index is 15.5. The van der Waals surface area contributed by atoms with Gasteiger partial charge in [-0.3, -0.25) is 4.79 Å². The van der Waals surface area contributed by atoms with Crippen LogP contribution in [0.2, 0.25) is 0 Å². The van der Waals surface area contributed by atoms with Crippen molar-refractivity contribution in [2.24, 2.45) is 5.92 Å². The number of fused-ring (bicyclic) bond motifs is 1. The highest BCUT2D eigenvalue weighted by molar-refractivity contribution is 6.03. The van der Waals surface area contributed by atoms with Crippen molar-refractivity contribution in [1.29, 1.82) is 0 Å². The first-order valence-electron chi connectivity index (χ1n) is 11.1. The molecule has 9 heteroatoms. The number of aromatic carboxylic acids is 1. The number of nitrogens with two attached hydrogens (primary N) is 1. The van der Waals surface area contributed by atoms with E-state index in [0.29, 0.717) is 25.1 Å². The number of carboxylic acids is 1. The molecule has 0 bridgehead atoms. The maximum Gasteiger partial charge on any atom is 0.341 e. The lowest BCUT2D eigenvalue weighted by molar-refractivity contribution is 0.0691. The molecule has 1 unspecified atom stereocenters. The maximum absolute atomic E-state index is 15.5. The van der Waals surface area contributed by atoms with Gasteiger partial charge >= 0.3 is 5.97 Å². The molecule has 1 spiro atoms. The number of rotatable bonds is 5. The van der Waals surface area contributed by atoms with Gasteiger partial charge in [-0.15, -0.1) is 0 Å². The summed E-state index contributed by atoms with van der Waals surface area (Å²) < 4.78 is 28.6. The van der Waals surface area contributed by atoms with Crippen LogP contribution in [0.5, 0.6) is 5.75 Å². The van der Waals surface area contributed by atoms with Crippen LogP contribution in [-0.2, 0) is 10.3 Å². The Hall–Kier alpha value is -3.49. The van der Waals surface area contributed by atoms with Gasteiger partial charge in [0.2, 0.25) is 5.43 Å². The van der Waals surface area contributed by atoms with Crippen molar-refractivity contribution < 1.29 is 23.8 Å². The van der Waals surface area contributed by atoms with Crippen molar-refractivity contribution in [2.45, 2.75) is 37.6 Å². The number of benzene rings is 1. The van der Waals surface area contributed by atoms with Gasteiger partial charge in [-0.1, -0.05) is 6.08 Å². The second kappa shape index (κ2) is 7.83. The van der Waals surface area contributed by atoms with Crippen molar-refractivity contribution >= 4 is 28.2 Å². The number of hydrogen-bond acceptors (Lipinski definition) is 6. The molecule has 4 N–H and O–H groups in total. The Labute approximate surface area is 189 Å². The van der Waals surface area contributed by atoms with Crippen molar-refractivity contribution in [1.82, 2.24) is 4.57 Å². The van der Waals surface area contributed by atoms with Crippen LogP contribution in [0.3, 0.4) is 0 Å². The van der Waals surface area contributed by atoms with Crippen LogP contribution in [0.4, 0.5) is 15.8 Å². The zero-order chi connectivity index (χ0) is 23.3. The van der Waals surface area contributed by atoms with E-state index in [1.54, 1.807) is 7.11 Å². The SMILES string of the molecule is COC1=CCC(CNc2c(F)c(N)c3c(=O)c(C(=O)O)cn4c3c2OCCC42CCC2)C=C1. The fourth-order valence-corrected chi connectivity index (χ4v) is 5.10. The summed E-state index contributed by atoms with van der Waals surface area (Å²) in [6, 6.07) is 0. The summed E-state index contributed by atoms with van der Waals surface area (Å²) in [6.07, 6.45) is 11.2. The first-order chi connectivity index (χ1) is 15.9. The van der Waals surface area contributed by atoms with Crippen LogP contribution >= 0.6 is 0 Å². The number of nitrogens with zero attached hydrogens (tertiary/aromatic N) is 1. The minimum absolute atomic E-state index is 0.0996. The van der Waals surface area contributed by atoms with E-state index in [2.05, 4.69) is 5.32 Å². The number of nitrogen functional groups attached to an aromatic ring is 1. The zero-order valence-corrected chi connectivity index (χ0v) is 18.3. The van der Waals surface area contributed by atoms with Crippen molar-refractivity contribution in [2.75, 3.05) is 31.3 Å². The lowest BCUT2D eigenvalue weighted by Gasteiger charge is -2.44. The molecule has 2 heterocycles. The molecule has 174 valence electrons. The van der Waals surface area contributed by atoms with Gasteiger partial charge in [0.25, 0.3) is 0 Å². The van der Waals surface area contributed by atoms with E-state index in [-0.39, 0.29) is 34.0 Å². The number of carbonyl (C=O) groups is 1. The van der Waals surface area contributed by atoms with Crippen LogP contribution < -0.4 is 21.2 Å². The second-order valence-corrected chi connectivity index (χ2v) is 8.93. The average Bonchev–Trinajstić information content (AvgIpc) is 2.95. The molecule has 1 aliphatic heterocycles. The third-order valence-corrected chi connectivity index (χ3v) is 7.15. The van der Waals surface area contributed by atoms with E-state index in [4.69, 9.17) is 15.2 Å². The number of nitrogens with one attached hydrogen (secondary N) is 1. The molecule has 1 aromatic carbocycles. The van der Waals surface area contributed by atoms with Gasteiger partial charge in [0.05, 0.1) is 30.3 Å². The average molecular weight is 455 g/mol. The molecule has 8 nitrogen and oxygen atoms in total. The summed E-state index contributed by atoms with van der Waals surface area (Å²) in [5.41, 5.74) is 4.65. The molecule has 0 radical (unpaired) electrons. The Balaban J connectivity index is 1.66. The van der Waals surface area contributed by atoms with Crippen molar-refractivity contribution in [3.05, 3.63) is 51.8 Å². The summed E-state index contributed by atoms with van der Waals surface area (Å²) in [5, 5.41) is 12.6. The van der Waals surface area contributed by atoms with E-state index >= 15 is 4.39 Å².